The van der Waals surface area contributed by atoms with Crippen molar-refractivity contribution in [3.63, 3.8) is 0 Å². The summed E-state index contributed by atoms with van der Waals surface area (Å²) in [7, 11) is 0. The van der Waals surface area contributed by atoms with Crippen LogP contribution < -0.4 is 0 Å². The van der Waals surface area contributed by atoms with Crippen LogP contribution in [-0.2, 0) is 16.2 Å². The Morgan fingerprint density at radius 1 is 1.30 bits per heavy atom. The van der Waals surface area contributed by atoms with Gasteiger partial charge in [0.15, 0.2) is 0 Å². The fraction of sp³-hybridized carbons (Fsp3) is 0.444. The number of likely N-dealkylation sites (tertiary alicyclic amines) is 1. The molecule has 1 aromatic carbocycles. The first-order valence-electron chi connectivity index (χ1n) is 8.24. The molecule has 0 bridgehead atoms. The SMILES string of the molecule is CCOC(=O)C1CCCN(Cn2ccc(-c3ccccc3)n2)C1. The van der Waals surface area contributed by atoms with E-state index < -0.39 is 0 Å². The van der Waals surface area contributed by atoms with Gasteiger partial charge in [0.1, 0.15) is 0 Å². The standard InChI is InChI=1S/C18H23N3O2/c1-2-23-18(22)16-9-6-11-20(13-16)14-21-12-10-17(19-21)15-7-4-3-5-8-15/h3-5,7-8,10,12,16H,2,6,9,11,13-14H2,1H3. The minimum atomic E-state index is -0.0670. The van der Waals surface area contributed by atoms with Crippen LogP contribution in [0.15, 0.2) is 42.6 Å². The highest BCUT2D eigenvalue weighted by Crippen LogP contribution is 2.20. The Balaban J connectivity index is 1.61. The molecule has 5 heteroatoms. The van der Waals surface area contributed by atoms with Crippen molar-refractivity contribution in [2.24, 2.45) is 5.92 Å². The second kappa shape index (κ2) is 7.42. The summed E-state index contributed by atoms with van der Waals surface area (Å²) < 4.78 is 7.09. The molecule has 1 aromatic heterocycles. The quantitative estimate of drug-likeness (QED) is 0.796. The maximum absolute atomic E-state index is 11.9. The molecule has 1 fully saturated rings. The number of rotatable bonds is 5. The molecular weight excluding hydrogens is 290 g/mol. The van der Waals surface area contributed by atoms with E-state index >= 15 is 0 Å². The second-order valence-electron chi connectivity index (χ2n) is 5.92. The van der Waals surface area contributed by atoms with E-state index in [1.165, 1.54) is 0 Å². The second-order valence-corrected chi connectivity index (χ2v) is 5.92. The highest BCUT2D eigenvalue weighted by molar-refractivity contribution is 5.72. The lowest BCUT2D eigenvalue weighted by Gasteiger charge is -2.31. The Morgan fingerprint density at radius 3 is 2.91 bits per heavy atom. The highest BCUT2D eigenvalue weighted by atomic mass is 16.5. The van der Waals surface area contributed by atoms with Gasteiger partial charge in [-0.1, -0.05) is 30.3 Å². The average molecular weight is 313 g/mol. The third-order valence-electron chi connectivity index (χ3n) is 4.18. The number of hydrogen-bond acceptors (Lipinski definition) is 4. The minimum absolute atomic E-state index is 0.00661. The predicted molar refractivity (Wildman–Crippen MR) is 88.6 cm³/mol. The van der Waals surface area contributed by atoms with Gasteiger partial charge in [-0.05, 0) is 32.4 Å². The van der Waals surface area contributed by atoms with E-state index in [0.717, 1.165) is 37.2 Å². The maximum atomic E-state index is 11.9. The number of esters is 1. The molecule has 0 aliphatic carbocycles. The number of carbonyl (C=O) groups is 1. The molecule has 1 aliphatic heterocycles. The van der Waals surface area contributed by atoms with Crippen LogP contribution in [0.1, 0.15) is 19.8 Å². The van der Waals surface area contributed by atoms with Crippen LogP contribution in [0.4, 0.5) is 0 Å². The Hall–Kier alpha value is -2.14. The van der Waals surface area contributed by atoms with Crippen molar-refractivity contribution in [1.82, 2.24) is 14.7 Å². The molecule has 122 valence electrons. The van der Waals surface area contributed by atoms with E-state index in [1.807, 2.05) is 42.1 Å². The van der Waals surface area contributed by atoms with Crippen LogP contribution >= 0.6 is 0 Å². The molecule has 1 aliphatic rings. The fourth-order valence-corrected chi connectivity index (χ4v) is 3.04. The Morgan fingerprint density at radius 2 is 2.13 bits per heavy atom. The summed E-state index contributed by atoms with van der Waals surface area (Å²) in [5, 5.41) is 4.64. The van der Waals surface area contributed by atoms with Gasteiger partial charge in [-0.2, -0.15) is 5.10 Å². The topological polar surface area (TPSA) is 47.4 Å². The minimum Gasteiger partial charge on any atom is -0.466 e. The van der Waals surface area contributed by atoms with E-state index in [4.69, 9.17) is 4.74 Å². The van der Waals surface area contributed by atoms with Gasteiger partial charge in [-0.25, -0.2) is 0 Å². The highest BCUT2D eigenvalue weighted by Gasteiger charge is 2.26. The van der Waals surface area contributed by atoms with E-state index in [-0.39, 0.29) is 11.9 Å². The molecule has 1 saturated heterocycles. The first kappa shape index (κ1) is 15.7. The van der Waals surface area contributed by atoms with Crippen LogP contribution in [0.3, 0.4) is 0 Å². The van der Waals surface area contributed by atoms with Gasteiger partial charge in [-0.3, -0.25) is 14.4 Å². The molecule has 0 saturated carbocycles. The third-order valence-corrected chi connectivity index (χ3v) is 4.18. The number of benzene rings is 1. The van der Waals surface area contributed by atoms with Crippen molar-refractivity contribution in [2.45, 2.75) is 26.4 Å². The molecule has 0 radical (unpaired) electrons. The van der Waals surface area contributed by atoms with Crippen molar-refractivity contribution in [1.29, 1.82) is 0 Å². The summed E-state index contributed by atoms with van der Waals surface area (Å²) in [6.07, 6.45) is 3.94. The van der Waals surface area contributed by atoms with Crippen LogP contribution in [0.25, 0.3) is 11.3 Å². The smallest absolute Gasteiger partial charge is 0.310 e. The molecule has 5 nitrogen and oxygen atoms in total. The Kier molecular flexibility index (Phi) is 5.08. The summed E-state index contributed by atoms with van der Waals surface area (Å²) in [6.45, 7) is 4.76. The van der Waals surface area contributed by atoms with Crippen LogP contribution in [0.2, 0.25) is 0 Å². The number of piperidine rings is 1. The van der Waals surface area contributed by atoms with Gasteiger partial charge in [0.2, 0.25) is 0 Å². The maximum Gasteiger partial charge on any atom is 0.310 e. The zero-order valence-electron chi connectivity index (χ0n) is 13.5. The number of hydrogen-bond donors (Lipinski definition) is 0. The van der Waals surface area contributed by atoms with Crippen molar-refractivity contribution in [3.05, 3.63) is 42.6 Å². The summed E-state index contributed by atoms with van der Waals surface area (Å²) in [5.74, 6) is -0.0736. The predicted octanol–water partition coefficient (Wildman–Crippen LogP) is 2.78. The lowest BCUT2D eigenvalue weighted by molar-refractivity contribution is -0.150. The number of carbonyl (C=O) groups excluding carboxylic acids is 1. The van der Waals surface area contributed by atoms with Crippen molar-refractivity contribution in [2.75, 3.05) is 19.7 Å². The lowest BCUT2D eigenvalue weighted by Crippen LogP contribution is -2.40. The van der Waals surface area contributed by atoms with E-state index in [9.17, 15) is 4.79 Å². The normalized spacial score (nSPS) is 18.7. The molecular formula is C18H23N3O2. The first-order chi connectivity index (χ1) is 11.3. The van der Waals surface area contributed by atoms with Crippen LogP contribution in [0, 0.1) is 5.92 Å². The molecule has 2 aromatic rings. The van der Waals surface area contributed by atoms with Crippen LogP contribution in [-0.4, -0.2) is 40.3 Å². The van der Waals surface area contributed by atoms with Crippen molar-refractivity contribution >= 4 is 5.97 Å². The molecule has 1 atom stereocenters. The van der Waals surface area contributed by atoms with Crippen molar-refractivity contribution < 1.29 is 9.53 Å². The van der Waals surface area contributed by atoms with Gasteiger partial charge < -0.3 is 4.74 Å². The van der Waals surface area contributed by atoms with Gasteiger partial charge >= 0.3 is 5.97 Å². The summed E-state index contributed by atoms with van der Waals surface area (Å²) in [4.78, 5) is 14.2. The summed E-state index contributed by atoms with van der Waals surface area (Å²) in [6, 6.07) is 12.2. The molecule has 3 rings (SSSR count). The zero-order valence-corrected chi connectivity index (χ0v) is 13.5. The largest absolute Gasteiger partial charge is 0.466 e. The van der Waals surface area contributed by atoms with E-state index in [1.54, 1.807) is 0 Å². The number of ether oxygens (including phenoxy) is 1. The third kappa shape index (κ3) is 3.99. The molecule has 0 spiro atoms. The molecule has 2 heterocycles. The monoisotopic (exact) mass is 313 g/mol. The van der Waals surface area contributed by atoms with Crippen LogP contribution in [0.5, 0.6) is 0 Å². The fourth-order valence-electron chi connectivity index (χ4n) is 3.04. The average Bonchev–Trinajstić information content (AvgIpc) is 3.05. The van der Waals surface area contributed by atoms with Crippen molar-refractivity contribution in [3.8, 4) is 11.3 Å². The van der Waals surface area contributed by atoms with E-state index in [0.29, 0.717) is 13.3 Å². The lowest BCUT2D eigenvalue weighted by atomic mass is 9.99. The molecule has 1 unspecified atom stereocenters. The van der Waals surface area contributed by atoms with Gasteiger partial charge in [0.25, 0.3) is 0 Å². The van der Waals surface area contributed by atoms with E-state index in [2.05, 4.69) is 22.1 Å². The molecule has 23 heavy (non-hydrogen) atoms. The first-order valence-corrected chi connectivity index (χ1v) is 8.24. The molecule has 0 amide bonds. The van der Waals surface area contributed by atoms with Gasteiger partial charge in [0, 0.05) is 18.3 Å². The molecule has 0 N–H and O–H groups in total. The number of nitrogens with zero attached hydrogens (tertiary/aromatic N) is 3. The Bertz CT molecular complexity index is 639. The summed E-state index contributed by atoms with van der Waals surface area (Å²) >= 11 is 0. The van der Waals surface area contributed by atoms with Gasteiger partial charge in [0.05, 0.1) is 24.9 Å². The number of aromatic nitrogens is 2. The zero-order chi connectivity index (χ0) is 16.1. The summed E-state index contributed by atoms with van der Waals surface area (Å²) in [5.41, 5.74) is 2.10. The van der Waals surface area contributed by atoms with Gasteiger partial charge in [-0.15, -0.1) is 0 Å². The Labute approximate surface area is 136 Å².